The van der Waals surface area contributed by atoms with Crippen molar-refractivity contribution in [2.45, 2.75) is 38.9 Å². The third kappa shape index (κ3) is 2.65. The first-order chi connectivity index (χ1) is 8.24. The van der Waals surface area contributed by atoms with Crippen LogP contribution in [-0.4, -0.2) is 16.1 Å². The molecule has 99 valence electrons. The molecule has 1 heterocycles. The molecule has 3 nitrogen and oxygen atoms in total. The highest BCUT2D eigenvalue weighted by atomic mass is 31.2. The van der Waals surface area contributed by atoms with Gasteiger partial charge in [-0.05, 0) is 39.3 Å². The topological polar surface area (TPSA) is 38.7 Å². The maximum atomic E-state index is 10.4. The zero-order chi connectivity index (χ0) is 13.4. The summed E-state index contributed by atoms with van der Waals surface area (Å²) in [6.45, 7) is 7.73. The summed E-state index contributed by atoms with van der Waals surface area (Å²) in [5.74, 6) is 1.65. The Kier molecular flexibility index (Phi) is 3.37. The standard InChI is InChI=1S/C14H20O3P/c1-13(2)14(3,4)17-18(15,16-13)11-10-12-8-6-5-7-9-12/h5-11,15H,1-4H3. The van der Waals surface area contributed by atoms with Gasteiger partial charge >= 0.3 is 0 Å². The van der Waals surface area contributed by atoms with Crippen molar-refractivity contribution in [2.24, 2.45) is 0 Å². The van der Waals surface area contributed by atoms with Crippen molar-refractivity contribution in [2.75, 3.05) is 0 Å². The summed E-state index contributed by atoms with van der Waals surface area (Å²) in [6, 6.07) is 9.79. The van der Waals surface area contributed by atoms with Gasteiger partial charge in [-0.25, -0.2) is 0 Å². The fraction of sp³-hybridized carbons (Fsp3) is 0.429. The van der Waals surface area contributed by atoms with E-state index in [1.807, 2.05) is 64.1 Å². The highest BCUT2D eigenvalue weighted by molar-refractivity contribution is 7.64. The van der Waals surface area contributed by atoms with Crippen LogP contribution in [0, 0.1) is 0 Å². The third-order valence-electron chi connectivity index (χ3n) is 3.42. The van der Waals surface area contributed by atoms with Crippen LogP contribution in [0.3, 0.4) is 0 Å². The van der Waals surface area contributed by atoms with Crippen molar-refractivity contribution in [3.63, 3.8) is 0 Å². The average molecular weight is 267 g/mol. The molecule has 0 saturated carbocycles. The van der Waals surface area contributed by atoms with Gasteiger partial charge in [0, 0.05) is 5.82 Å². The lowest BCUT2D eigenvalue weighted by Gasteiger charge is -2.29. The van der Waals surface area contributed by atoms with Crippen LogP contribution in [0.4, 0.5) is 0 Å². The molecular formula is C14H20O3P. The zero-order valence-electron chi connectivity index (χ0n) is 11.3. The molecule has 18 heavy (non-hydrogen) atoms. The smallest absolute Gasteiger partial charge is 0.256 e. The van der Waals surface area contributed by atoms with E-state index in [-0.39, 0.29) is 0 Å². The molecule has 0 aromatic heterocycles. The largest absolute Gasteiger partial charge is 0.333 e. The average Bonchev–Trinajstić information content (AvgIpc) is 2.42. The fourth-order valence-corrected chi connectivity index (χ4v) is 3.96. The Morgan fingerprint density at radius 1 is 1.00 bits per heavy atom. The monoisotopic (exact) mass is 267 g/mol. The van der Waals surface area contributed by atoms with E-state index < -0.39 is 19.1 Å². The molecule has 0 spiro atoms. The highest BCUT2D eigenvalue weighted by Crippen LogP contribution is 2.71. The van der Waals surface area contributed by atoms with E-state index in [4.69, 9.17) is 9.05 Å². The summed E-state index contributed by atoms with van der Waals surface area (Å²) in [7, 11) is -2.91. The molecule has 4 heteroatoms. The predicted octanol–water partition coefficient (Wildman–Crippen LogP) is 4.02. The number of rotatable bonds is 2. The fourth-order valence-electron chi connectivity index (χ4n) is 1.70. The van der Waals surface area contributed by atoms with E-state index in [1.54, 1.807) is 5.82 Å². The molecule has 0 unspecified atom stereocenters. The van der Waals surface area contributed by atoms with Crippen LogP contribution in [-0.2, 0) is 9.05 Å². The lowest BCUT2D eigenvalue weighted by molar-refractivity contribution is 0.00578. The van der Waals surface area contributed by atoms with Gasteiger partial charge in [-0.1, -0.05) is 30.3 Å². The number of hydrogen-bond acceptors (Lipinski definition) is 3. The first-order valence-electron chi connectivity index (χ1n) is 6.01. The maximum absolute atomic E-state index is 10.4. The van der Waals surface area contributed by atoms with Crippen molar-refractivity contribution < 1.29 is 13.9 Å². The van der Waals surface area contributed by atoms with E-state index in [0.717, 1.165) is 5.56 Å². The summed E-state index contributed by atoms with van der Waals surface area (Å²) in [6.07, 6.45) is 1.84. The highest BCUT2D eigenvalue weighted by Gasteiger charge is 2.55. The summed E-state index contributed by atoms with van der Waals surface area (Å²) < 4.78 is 11.5. The summed E-state index contributed by atoms with van der Waals surface area (Å²) in [5.41, 5.74) is 0.00764. The normalized spacial score (nSPS) is 24.5. The van der Waals surface area contributed by atoms with E-state index in [9.17, 15) is 4.89 Å². The second kappa shape index (κ2) is 4.43. The quantitative estimate of drug-likeness (QED) is 0.823. The van der Waals surface area contributed by atoms with E-state index in [0.29, 0.717) is 0 Å². The van der Waals surface area contributed by atoms with Gasteiger partial charge in [0.15, 0.2) is 0 Å². The van der Waals surface area contributed by atoms with Gasteiger partial charge in [0.2, 0.25) is 0 Å². The molecule has 0 aliphatic carbocycles. The maximum Gasteiger partial charge on any atom is 0.256 e. The Balaban J connectivity index is 2.18. The van der Waals surface area contributed by atoms with Gasteiger partial charge in [0.25, 0.3) is 7.94 Å². The molecule has 0 atom stereocenters. The SMILES string of the molecule is CC1(C)O[P](O)(C=Cc2ccccc2)OC1(C)C. The first-order valence-corrected chi connectivity index (χ1v) is 7.66. The first kappa shape index (κ1) is 13.7. The van der Waals surface area contributed by atoms with E-state index >= 15 is 0 Å². The van der Waals surface area contributed by atoms with Gasteiger partial charge in [0.05, 0.1) is 0 Å². The molecule has 1 aliphatic rings. The Hall–Kier alpha value is -0.730. The molecule has 1 aromatic rings. The Morgan fingerprint density at radius 3 is 2.00 bits per heavy atom. The molecule has 2 rings (SSSR count). The van der Waals surface area contributed by atoms with Crippen molar-refractivity contribution in [1.82, 2.24) is 0 Å². The second-order valence-corrected chi connectivity index (χ2v) is 7.29. The second-order valence-electron chi connectivity index (χ2n) is 5.49. The zero-order valence-corrected chi connectivity index (χ0v) is 12.1. The van der Waals surface area contributed by atoms with Crippen molar-refractivity contribution in [3.8, 4) is 0 Å². The van der Waals surface area contributed by atoms with Gasteiger partial charge in [0.1, 0.15) is 11.2 Å². The van der Waals surface area contributed by atoms with Crippen molar-refractivity contribution in [1.29, 1.82) is 0 Å². The van der Waals surface area contributed by atoms with Crippen LogP contribution in [0.25, 0.3) is 6.08 Å². The Labute approximate surface area is 109 Å². The number of benzene rings is 1. The van der Waals surface area contributed by atoms with Crippen LogP contribution in [0.2, 0.25) is 0 Å². The molecule has 0 bridgehead atoms. The van der Waals surface area contributed by atoms with Crippen LogP contribution < -0.4 is 0 Å². The molecule has 1 saturated heterocycles. The van der Waals surface area contributed by atoms with E-state index in [2.05, 4.69) is 0 Å². The third-order valence-corrected chi connectivity index (χ3v) is 5.38. The molecule has 1 fully saturated rings. The van der Waals surface area contributed by atoms with Crippen molar-refractivity contribution >= 4 is 14.0 Å². The minimum Gasteiger partial charge on any atom is -0.333 e. The minimum absolute atomic E-state index is 0.503. The van der Waals surface area contributed by atoms with Gasteiger partial charge in [-0.2, -0.15) is 0 Å². The summed E-state index contributed by atoms with van der Waals surface area (Å²) >= 11 is 0. The molecule has 1 aliphatic heterocycles. The van der Waals surface area contributed by atoms with Crippen LogP contribution in [0.1, 0.15) is 33.3 Å². The Morgan fingerprint density at radius 2 is 1.50 bits per heavy atom. The van der Waals surface area contributed by atoms with Crippen LogP contribution >= 0.6 is 7.94 Å². The predicted molar refractivity (Wildman–Crippen MR) is 74.9 cm³/mol. The van der Waals surface area contributed by atoms with Gasteiger partial charge in [-0.15, -0.1) is 0 Å². The molecule has 0 amide bonds. The molecular weight excluding hydrogens is 247 g/mol. The van der Waals surface area contributed by atoms with Crippen LogP contribution in [0.5, 0.6) is 0 Å². The summed E-state index contributed by atoms with van der Waals surface area (Å²) in [4.78, 5) is 10.4. The lowest BCUT2D eigenvalue weighted by Crippen LogP contribution is -2.41. The van der Waals surface area contributed by atoms with Gasteiger partial charge in [-0.3, -0.25) is 0 Å². The minimum atomic E-state index is -2.91. The number of hydrogen-bond donors (Lipinski definition) is 1. The van der Waals surface area contributed by atoms with Gasteiger partial charge < -0.3 is 13.9 Å². The molecule has 1 aromatic carbocycles. The Bertz CT molecular complexity index is 435. The molecule has 1 radical (unpaired) electrons. The summed E-state index contributed by atoms with van der Waals surface area (Å²) in [5, 5.41) is 0. The molecule has 1 N–H and O–H groups in total. The lowest BCUT2D eigenvalue weighted by atomic mass is 9.90. The van der Waals surface area contributed by atoms with Crippen molar-refractivity contribution in [3.05, 3.63) is 41.7 Å². The van der Waals surface area contributed by atoms with Crippen LogP contribution in [0.15, 0.2) is 36.1 Å². The van der Waals surface area contributed by atoms with E-state index in [1.165, 1.54) is 0 Å².